The Morgan fingerprint density at radius 3 is 0.633 bits per heavy atom. The Morgan fingerprint density at radius 1 is 0.267 bits per heavy atom. The van der Waals surface area contributed by atoms with Gasteiger partial charge in [-0.2, -0.15) is 0 Å². The lowest BCUT2D eigenvalue weighted by Crippen LogP contribution is -2.42. The van der Waals surface area contributed by atoms with Crippen molar-refractivity contribution in [3.05, 3.63) is 0 Å². The number of carbonyl (C=O) groups is 2. The highest BCUT2D eigenvalue weighted by molar-refractivity contribution is 5.85. The molecular formula is C62H124N2O26. The number of nitrogens with one attached hydrogen (secondary N) is 2. The van der Waals surface area contributed by atoms with Gasteiger partial charge in [0.1, 0.15) is 0 Å². The number of ketones is 1. The number of hydrogen-bond acceptors (Lipinski definition) is 27. The molecule has 0 saturated carbocycles. The van der Waals surface area contributed by atoms with Crippen LogP contribution in [0.3, 0.4) is 0 Å². The normalized spacial score (nSPS) is 12.2. The smallest absolute Gasteiger partial charge is 0.222 e. The molecule has 90 heavy (non-hydrogen) atoms. The van der Waals surface area contributed by atoms with Crippen molar-refractivity contribution in [2.75, 3.05) is 324 Å². The van der Waals surface area contributed by atoms with E-state index in [9.17, 15) is 9.59 Å². The molecule has 0 aromatic rings. The van der Waals surface area contributed by atoms with Crippen LogP contribution >= 0.6 is 0 Å². The summed E-state index contributed by atoms with van der Waals surface area (Å²) in [6.07, 6.45) is 2.77. The van der Waals surface area contributed by atoms with E-state index < -0.39 is 0 Å². The number of ether oxygens (including phenoxy) is 24. The van der Waals surface area contributed by atoms with E-state index in [0.717, 1.165) is 19.3 Å². The van der Waals surface area contributed by atoms with Gasteiger partial charge >= 0.3 is 0 Å². The fourth-order valence-corrected chi connectivity index (χ4v) is 7.15. The van der Waals surface area contributed by atoms with Gasteiger partial charge in [-0.25, -0.2) is 0 Å². The molecule has 2 N–H and O–H groups in total. The van der Waals surface area contributed by atoms with Crippen molar-refractivity contribution in [2.45, 2.75) is 65.5 Å². The molecule has 538 valence electrons. The van der Waals surface area contributed by atoms with E-state index in [1.807, 2.05) is 27.7 Å². The second-order valence-corrected chi connectivity index (χ2v) is 20.1. The Kier molecular flexibility index (Phi) is 76.2. The molecule has 0 aliphatic rings. The molecule has 0 fully saturated rings. The van der Waals surface area contributed by atoms with Gasteiger partial charge in [-0.05, 0) is 19.3 Å². The zero-order valence-corrected chi connectivity index (χ0v) is 56.1. The highest BCUT2D eigenvalue weighted by Gasteiger charge is 2.21. The third-order valence-electron chi connectivity index (χ3n) is 11.8. The Morgan fingerprint density at radius 2 is 0.456 bits per heavy atom. The molecule has 0 aromatic carbocycles. The molecule has 0 rings (SSSR count). The summed E-state index contributed by atoms with van der Waals surface area (Å²) in [6.45, 7) is 31.3. The van der Waals surface area contributed by atoms with Crippen molar-refractivity contribution in [3.8, 4) is 0 Å². The fourth-order valence-electron chi connectivity index (χ4n) is 7.15. The number of carbonyl (C=O) groups excluding carboxylic acids is 2. The highest BCUT2D eigenvalue weighted by atomic mass is 16.6. The minimum Gasteiger partial charge on any atom is -0.382 e. The third-order valence-corrected chi connectivity index (χ3v) is 11.8. The van der Waals surface area contributed by atoms with Gasteiger partial charge in [0.05, 0.1) is 317 Å². The Balaban J connectivity index is 3.16. The molecule has 0 aliphatic heterocycles. The molecule has 1 amide bonds. The van der Waals surface area contributed by atoms with E-state index in [0.29, 0.717) is 323 Å². The maximum atomic E-state index is 12.4. The molecular weight excluding hydrogens is 1190 g/mol. The second kappa shape index (κ2) is 77.8. The molecule has 0 aromatic heterocycles. The van der Waals surface area contributed by atoms with Crippen LogP contribution in [0.2, 0.25) is 0 Å². The molecule has 0 aliphatic carbocycles. The van der Waals surface area contributed by atoms with Crippen molar-refractivity contribution >= 4 is 11.7 Å². The predicted molar refractivity (Wildman–Crippen MR) is 334 cm³/mol. The summed E-state index contributed by atoms with van der Waals surface area (Å²) in [4.78, 5) is 24.5. The first kappa shape index (κ1) is 88.1. The van der Waals surface area contributed by atoms with Crippen LogP contribution in [0.1, 0.15) is 53.4 Å². The third kappa shape index (κ3) is 75.2. The largest absolute Gasteiger partial charge is 0.382 e. The summed E-state index contributed by atoms with van der Waals surface area (Å²) in [7, 11) is 1.64. The lowest BCUT2D eigenvalue weighted by atomic mass is 9.96. The van der Waals surface area contributed by atoms with Crippen LogP contribution in [0.25, 0.3) is 0 Å². The molecule has 0 unspecified atom stereocenters. The van der Waals surface area contributed by atoms with E-state index in [1.54, 1.807) is 7.11 Å². The molecule has 0 radical (unpaired) electrons. The van der Waals surface area contributed by atoms with Crippen LogP contribution < -0.4 is 10.6 Å². The summed E-state index contributed by atoms with van der Waals surface area (Å²) < 4.78 is 132. The predicted octanol–water partition coefficient (Wildman–Crippen LogP) is 2.28. The molecule has 0 bridgehead atoms. The van der Waals surface area contributed by atoms with Crippen LogP contribution in [0.4, 0.5) is 0 Å². The molecule has 0 spiro atoms. The van der Waals surface area contributed by atoms with Gasteiger partial charge in [0.15, 0.2) is 5.78 Å². The summed E-state index contributed by atoms with van der Waals surface area (Å²) in [5, 5.41) is 6.28. The van der Waals surface area contributed by atoms with Gasteiger partial charge in [0, 0.05) is 32.0 Å². The molecule has 28 nitrogen and oxygen atoms in total. The van der Waals surface area contributed by atoms with Crippen LogP contribution in [0.5, 0.6) is 0 Å². The first-order chi connectivity index (χ1) is 44.4. The van der Waals surface area contributed by atoms with Crippen LogP contribution in [-0.4, -0.2) is 348 Å². The number of methoxy groups -OCH3 is 1. The van der Waals surface area contributed by atoms with Crippen molar-refractivity contribution < 1.29 is 123 Å². The number of rotatable bonds is 81. The van der Waals surface area contributed by atoms with Crippen LogP contribution in [0.15, 0.2) is 0 Å². The van der Waals surface area contributed by atoms with Crippen LogP contribution in [-0.2, 0) is 123 Å². The Bertz CT molecular complexity index is 1390. The number of unbranched alkanes of at least 4 members (excludes halogenated alkanes) is 1. The average molecular weight is 1310 g/mol. The SMILES string of the molecule is COCCOCCOCCOCCOCCOCCOCCOCCOCCOCCOCCOCCOCCOCCOCCOCCOCCOCCOCCOCCOCCOCCOCCOCCC(=O)NCCCC[C@@H](NC(C)C)C(=O)C(C)C. The summed E-state index contributed by atoms with van der Waals surface area (Å²) >= 11 is 0. The van der Waals surface area contributed by atoms with E-state index >= 15 is 0 Å². The average Bonchev–Trinajstić information content (AvgIpc) is 3.74. The maximum absolute atomic E-state index is 12.4. The van der Waals surface area contributed by atoms with Gasteiger partial charge in [-0.3, -0.25) is 9.59 Å². The number of Topliss-reactive ketones (excluding diaryl/α,β-unsaturated/α-hetero) is 1. The Hall–Kier alpha value is -1.86. The minimum absolute atomic E-state index is 0.00238. The minimum atomic E-state index is -0.133. The monoisotopic (exact) mass is 1310 g/mol. The van der Waals surface area contributed by atoms with E-state index in [-0.39, 0.29) is 29.7 Å². The fraction of sp³-hybridized carbons (Fsp3) is 0.968. The zero-order valence-electron chi connectivity index (χ0n) is 56.1. The number of amides is 1. The van der Waals surface area contributed by atoms with Crippen molar-refractivity contribution in [2.24, 2.45) is 5.92 Å². The first-order valence-electron chi connectivity index (χ1n) is 32.7. The lowest BCUT2D eigenvalue weighted by molar-refractivity contribution is -0.124. The molecule has 0 saturated heterocycles. The zero-order chi connectivity index (χ0) is 65.0. The number of hydrogen-bond donors (Lipinski definition) is 2. The standard InChI is InChI=1S/C62H124N2O26/c1-58(2)62(66)60(64-59(3)4)8-6-7-10-63-61(65)9-11-68-14-15-70-18-19-72-22-23-74-26-27-76-30-31-78-34-35-80-38-39-82-42-43-84-46-47-86-50-51-88-54-55-90-57-56-89-53-52-87-49-48-85-45-44-83-41-40-81-37-36-79-33-32-77-29-28-75-25-24-73-21-20-71-17-16-69-13-12-67-5/h58-60,64H,6-57H2,1-5H3,(H,63,65)/t60-/m1/s1. The second-order valence-electron chi connectivity index (χ2n) is 20.1. The van der Waals surface area contributed by atoms with Gasteiger partial charge in [-0.15, -0.1) is 0 Å². The van der Waals surface area contributed by atoms with Crippen molar-refractivity contribution in [1.82, 2.24) is 10.6 Å². The lowest BCUT2D eigenvalue weighted by Gasteiger charge is -2.22. The van der Waals surface area contributed by atoms with Gasteiger partial charge < -0.3 is 124 Å². The van der Waals surface area contributed by atoms with Gasteiger partial charge in [0.2, 0.25) is 5.91 Å². The summed E-state index contributed by atoms with van der Waals surface area (Å²) in [6, 6.07) is 0.117. The summed E-state index contributed by atoms with van der Waals surface area (Å²) in [5.41, 5.74) is 0. The van der Waals surface area contributed by atoms with Gasteiger partial charge in [-0.1, -0.05) is 27.7 Å². The van der Waals surface area contributed by atoms with E-state index in [4.69, 9.17) is 114 Å². The highest BCUT2D eigenvalue weighted by Crippen LogP contribution is 2.09. The van der Waals surface area contributed by atoms with Gasteiger partial charge in [0.25, 0.3) is 0 Å². The first-order valence-corrected chi connectivity index (χ1v) is 32.7. The summed E-state index contributed by atoms with van der Waals surface area (Å²) in [5.74, 6) is 0.202. The molecule has 1 atom stereocenters. The molecule has 0 heterocycles. The Labute approximate surface area is 539 Å². The van der Waals surface area contributed by atoms with Crippen molar-refractivity contribution in [1.29, 1.82) is 0 Å². The maximum Gasteiger partial charge on any atom is 0.222 e. The van der Waals surface area contributed by atoms with E-state index in [1.165, 1.54) is 0 Å². The van der Waals surface area contributed by atoms with Crippen molar-refractivity contribution in [3.63, 3.8) is 0 Å². The van der Waals surface area contributed by atoms with E-state index in [2.05, 4.69) is 10.6 Å². The quantitative estimate of drug-likeness (QED) is 0.0827. The topological polar surface area (TPSA) is 280 Å². The van der Waals surface area contributed by atoms with Crippen LogP contribution in [0, 0.1) is 5.92 Å². The molecule has 28 heteroatoms.